The Morgan fingerprint density at radius 2 is 1.79 bits per heavy atom. The number of carboxylic acid groups (broad SMARTS) is 1. The largest absolute Gasteiger partial charge is 0.548 e. The molecular formula is C10H16NO3-. The van der Waals surface area contributed by atoms with E-state index in [1.54, 1.807) is 27.7 Å². The highest BCUT2D eigenvalue weighted by Gasteiger charge is 2.58. The van der Waals surface area contributed by atoms with Crippen molar-refractivity contribution in [1.82, 2.24) is 4.90 Å². The highest BCUT2D eigenvalue weighted by atomic mass is 16.4. The van der Waals surface area contributed by atoms with Crippen LogP contribution in [-0.4, -0.2) is 29.9 Å². The van der Waals surface area contributed by atoms with Gasteiger partial charge in [0.1, 0.15) is 0 Å². The van der Waals surface area contributed by atoms with Gasteiger partial charge in [-0.2, -0.15) is 0 Å². The molecule has 0 bridgehead atoms. The average Bonchev–Trinajstić information content (AvgIpc) is 2.10. The Bertz CT molecular complexity index is 294. The van der Waals surface area contributed by atoms with E-state index in [2.05, 4.69) is 0 Å². The number of hydrogen-bond acceptors (Lipinski definition) is 3. The smallest absolute Gasteiger partial charge is 0.229 e. The van der Waals surface area contributed by atoms with E-state index in [-0.39, 0.29) is 5.91 Å². The molecule has 1 rings (SSSR count). The van der Waals surface area contributed by atoms with Crippen molar-refractivity contribution in [3.8, 4) is 0 Å². The third-order valence-electron chi connectivity index (χ3n) is 3.76. The van der Waals surface area contributed by atoms with Gasteiger partial charge in [-0.15, -0.1) is 0 Å². The maximum atomic E-state index is 11.8. The van der Waals surface area contributed by atoms with Gasteiger partial charge in [-0.25, -0.2) is 0 Å². The highest BCUT2D eigenvalue weighted by Crippen LogP contribution is 2.49. The number of aliphatic carboxylic acids is 1. The van der Waals surface area contributed by atoms with Gasteiger partial charge in [0, 0.05) is 12.5 Å². The summed E-state index contributed by atoms with van der Waals surface area (Å²) < 4.78 is 0. The molecule has 0 aromatic carbocycles. The molecule has 1 aliphatic heterocycles. The summed E-state index contributed by atoms with van der Waals surface area (Å²) in [6.45, 7) is 7.12. The number of hydrogen-bond donors (Lipinski definition) is 0. The molecule has 0 N–H and O–H groups in total. The molecule has 1 aliphatic rings. The van der Waals surface area contributed by atoms with E-state index in [0.29, 0.717) is 0 Å². The maximum Gasteiger partial charge on any atom is 0.229 e. The van der Waals surface area contributed by atoms with Gasteiger partial charge in [0.15, 0.2) is 0 Å². The van der Waals surface area contributed by atoms with Crippen molar-refractivity contribution in [1.29, 1.82) is 0 Å². The minimum atomic E-state index is -1.18. The van der Waals surface area contributed by atoms with Crippen LogP contribution in [0.3, 0.4) is 0 Å². The van der Waals surface area contributed by atoms with Crippen LogP contribution in [0.25, 0.3) is 0 Å². The Balaban J connectivity index is 3.25. The second-order valence-electron chi connectivity index (χ2n) is 4.98. The number of rotatable bonds is 1. The summed E-state index contributed by atoms with van der Waals surface area (Å²) in [6, 6.07) is -0.843. The molecule has 1 saturated heterocycles. The first-order valence-corrected chi connectivity index (χ1v) is 4.62. The predicted octanol–water partition coefficient (Wildman–Crippen LogP) is -0.371. The summed E-state index contributed by atoms with van der Waals surface area (Å²) in [5.74, 6) is -1.33. The maximum absolute atomic E-state index is 11.8. The predicted molar refractivity (Wildman–Crippen MR) is 49.1 cm³/mol. The number of nitrogens with zero attached hydrogens (tertiary/aromatic N) is 1. The molecule has 0 radical (unpaired) electrons. The summed E-state index contributed by atoms with van der Waals surface area (Å²) in [5, 5.41) is 11.0. The quantitative estimate of drug-likeness (QED) is 0.577. The van der Waals surface area contributed by atoms with Crippen LogP contribution < -0.4 is 5.11 Å². The summed E-state index contributed by atoms with van der Waals surface area (Å²) >= 11 is 0. The molecule has 14 heavy (non-hydrogen) atoms. The lowest BCUT2D eigenvalue weighted by Gasteiger charge is -2.36. The SMILES string of the molecule is CN1C(=O)C(C)(C)C(C)(C)C1C(=O)[O-]. The van der Waals surface area contributed by atoms with Gasteiger partial charge in [-0.1, -0.05) is 27.7 Å². The Morgan fingerprint density at radius 3 is 1.93 bits per heavy atom. The van der Waals surface area contributed by atoms with Crippen molar-refractivity contribution in [3.05, 3.63) is 0 Å². The second kappa shape index (κ2) is 2.72. The molecule has 1 fully saturated rings. The molecule has 0 aromatic heterocycles. The molecule has 4 nitrogen and oxygen atoms in total. The molecule has 0 aromatic rings. The fraction of sp³-hybridized carbons (Fsp3) is 0.800. The van der Waals surface area contributed by atoms with Crippen LogP contribution in [0.4, 0.5) is 0 Å². The normalized spacial score (nSPS) is 29.4. The minimum absolute atomic E-state index is 0.142. The van der Waals surface area contributed by atoms with Crippen LogP contribution in [0.1, 0.15) is 27.7 Å². The first-order chi connectivity index (χ1) is 6.14. The lowest BCUT2D eigenvalue weighted by molar-refractivity contribution is -0.313. The molecule has 1 heterocycles. The summed E-state index contributed by atoms with van der Waals surface area (Å²) in [6.07, 6.45) is 0. The fourth-order valence-corrected chi connectivity index (χ4v) is 2.11. The van der Waals surface area contributed by atoms with Gasteiger partial charge in [0.2, 0.25) is 5.91 Å². The Morgan fingerprint density at radius 1 is 1.36 bits per heavy atom. The van der Waals surface area contributed by atoms with Gasteiger partial charge >= 0.3 is 0 Å². The van der Waals surface area contributed by atoms with Gasteiger partial charge in [0.25, 0.3) is 0 Å². The number of likely N-dealkylation sites (tertiary alicyclic amines) is 1. The molecule has 1 atom stereocenters. The van der Waals surface area contributed by atoms with Crippen LogP contribution in [0.5, 0.6) is 0 Å². The molecule has 80 valence electrons. The standard InChI is InChI=1S/C10H17NO3/c1-9(2)6(7(12)13)11(5)8(14)10(9,3)4/h6H,1-5H3,(H,12,13)/p-1. The Kier molecular flexibility index (Phi) is 2.14. The van der Waals surface area contributed by atoms with Crippen molar-refractivity contribution >= 4 is 11.9 Å². The summed E-state index contributed by atoms with van der Waals surface area (Å²) in [7, 11) is 1.51. The van der Waals surface area contributed by atoms with Crippen molar-refractivity contribution in [2.24, 2.45) is 10.8 Å². The zero-order valence-electron chi connectivity index (χ0n) is 9.25. The first-order valence-electron chi connectivity index (χ1n) is 4.62. The van der Waals surface area contributed by atoms with Gasteiger partial charge in [-0.3, -0.25) is 4.79 Å². The van der Waals surface area contributed by atoms with Crippen LogP contribution in [-0.2, 0) is 9.59 Å². The van der Waals surface area contributed by atoms with Crippen molar-refractivity contribution in [3.63, 3.8) is 0 Å². The Hall–Kier alpha value is -1.06. The third kappa shape index (κ3) is 1.06. The van der Waals surface area contributed by atoms with E-state index in [0.717, 1.165) is 0 Å². The van der Waals surface area contributed by atoms with Gasteiger partial charge in [-0.05, 0) is 0 Å². The molecule has 1 unspecified atom stereocenters. The number of carboxylic acids is 1. The van der Waals surface area contributed by atoms with E-state index in [9.17, 15) is 14.7 Å². The van der Waals surface area contributed by atoms with Gasteiger partial charge in [0.05, 0.1) is 17.4 Å². The van der Waals surface area contributed by atoms with Crippen molar-refractivity contribution in [2.75, 3.05) is 7.05 Å². The van der Waals surface area contributed by atoms with Crippen molar-refractivity contribution in [2.45, 2.75) is 33.7 Å². The minimum Gasteiger partial charge on any atom is -0.548 e. The van der Waals surface area contributed by atoms with E-state index < -0.39 is 22.8 Å². The molecule has 0 saturated carbocycles. The molecule has 4 heteroatoms. The lowest BCUT2D eigenvalue weighted by atomic mass is 9.67. The second-order valence-corrected chi connectivity index (χ2v) is 4.98. The van der Waals surface area contributed by atoms with E-state index in [1.807, 2.05) is 0 Å². The zero-order chi connectivity index (χ0) is 11.3. The van der Waals surface area contributed by atoms with Crippen molar-refractivity contribution < 1.29 is 14.7 Å². The number of carbonyl (C=O) groups is 2. The average molecular weight is 198 g/mol. The van der Waals surface area contributed by atoms with E-state index >= 15 is 0 Å². The summed E-state index contributed by atoms with van der Waals surface area (Å²) in [4.78, 5) is 24.0. The first kappa shape index (κ1) is 11.0. The molecule has 1 amide bonds. The van der Waals surface area contributed by atoms with Crippen LogP contribution in [0.15, 0.2) is 0 Å². The molecular weight excluding hydrogens is 182 g/mol. The molecule has 0 aliphatic carbocycles. The van der Waals surface area contributed by atoms with E-state index in [4.69, 9.17) is 0 Å². The fourth-order valence-electron chi connectivity index (χ4n) is 2.11. The van der Waals surface area contributed by atoms with Crippen LogP contribution in [0.2, 0.25) is 0 Å². The zero-order valence-corrected chi connectivity index (χ0v) is 9.25. The van der Waals surface area contributed by atoms with Crippen LogP contribution >= 0.6 is 0 Å². The topological polar surface area (TPSA) is 60.4 Å². The molecule has 0 spiro atoms. The monoisotopic (exact) mass is 198 g/mol. The van der Waals surface area contributed by atoms with Crippen LogP contribution in [0, 0.1) is 10.8 Å². The highest BCUT2D eigenvalue weighted by molar-refractivity contribution is 5.92. The third-order valence-corrected chi connectivity index (χ3v) is 3.76. The summed E-state index contributed by atoms with van der Waals surface area (Å²) in [5.41, 5.74) is -1.27. The van der Waals surface area contributed by atoms with E-state index in [1.165, 1.54) is 11.9 Å². The Labute approximate surface area is 83.9 Å². The number of amides is 1. The number of carbonyl (C=O) groups excluding carboxylic acids is 2. The number of likely N-dealkylation sites (N-methyl/N-ethyl adjacent to an activating group) is 1. The van der Waals surface area contributed by atoms with Gasteiger partial charge < -0.3 is 14.8 Å². The lowest BCUT2D eigenvalue weighted by Crippen LogP contribution is -2.50.